The lowest BCUT2D eigenvalue weighted by Crippen LogP contribution is -2.48. The van der Waals surface area contributed by atoms with Crippen molar-refractivity contribution in [1.82, 2.24) is 16.0 Å². The Labute approximate surface area is 173 Å². The van der Waals surface area contributed by atoms with Gasteiger partial charge in [-0.1, -0.05) is 12.1 Å². The first-order chi connectivity index (χ1) is 11.6. The highest BCUT2D eigenvalue weighted by Gasteiger charge is 2.30. The maximum atomic E-state index is 11.7. The minimum absolute atomic E-state index is 0. The quantitative estimate of drug-likeness (QED) is 0.299. The van der Waals surface area contributed by atoms with Crippen molar-refractivity contribution in [2.75, 3.05) is 33.4 Å². The molecule has 0 radical (unpaired) electrons. The average molecular weight is 496 g/mol. The first-order valence-electron chi connectivity index (χ1n) is 8.06. The van der Waals surface area contributed by atoms with Gasteiger partial charge in [0.15, 0.2) is 15.8 Å². The molecule has 0 saturated heterocycles. The van der Waals surface area contributed by atoms with Crippen molar-refractivity contribution < 1.29 is 13.2 Å². The summed E-state index contributed by atoms with van der Waals surface area (Å²) in [5.74, 6) is 0.425. The molecule has 1 amide bonds. The van der Waals surface area contributed by atoms with Crippen molar-refractivity contribution >= 4 is 45.7 Å². The van der Waals surface area contributed by atoms with Crippen LogP contribution in [0.4, 0.5) is 0 Å². The second-order valence-electron chi connectivity index (χ2n) is 6.41. The van der Waals surface area contributed by atoms with E-state index in [2.05, 4.69) is 20.9 Å². The van der Waals surface area contributed by atoms with Crippen LogP contribution < -0.4 is 16.0 Å². The van der Waals surface area contributed by atoms with E-state index in [0.717, 1.165) is 5.56 Å². The van der Waals surface area contributed by atoms with E-state index in [-0.39, 0.29) is 36.4 Å². The summed E-state index contributed by atoms with van der Waals surface area (Å²) in [4.78, 5) is 15.7. The molecule has 0 atom stereocenters. The number of guanidine groups is 1. The Balaban J connectivity index is 0.00000625. The maximum absolute atomic E-state index is 11.7. The van der Waals surface area contributed by atoms with E-state index in [1.54, 1.807) is 34.0 Å². The summed E-state index contributed by atoms with van der Waals surface area (Å²) in [6.45, 7) is 4.22. The highest BCUT2D eigenvalue weighted by atomic mass is 127. The number of carbonyl (C=O) groups is 1. The van der Waals surface area contributed by atoms with Crippen LogP contribution in [0.15, 0.2) is 29.3 Å². The predicted octanol–water partition coefficient (Wildman–Crippen LogP) is 1.19. The number of carbonyl (C=O) groups excluding carboxylic acids is 1. The van der Waals surface area contributed by atoms with Crippen LogP contribution in [0.25, 0.3) is 0 Å². The molecule has 0 aliphatic heterocycles. The second kappa shape index (κ2) is 10.7. The summed E-state index contributed by atoms with van der Waals surface area (Å²) >= 11 is 0. The Morgan fingerprint density at radius 3 is 2.42 bits per heavy atom. The lowest BCUT2D eigenvalue weighted by molar-refractivity contribution is 0.0963. The van der Waals surface area contributed by atoms with E-state index in [1.165, 1.54) is 6.26 Å². The number of nitrogens with zero attached hydrogens (tertiary/aromatic N) is 1. The van der Waals surface area contributed by atoms with Gasteiger partial charge in [-0.15, -0.1) is 24.0 Å². The van der Waals surface area contributed by atoms with Gasteiger partial charge in [-0.3, -0.25) is 9.79 Å². The highest BCUT2D eigenvalue weighted by Crippen LogP contribution is 2.13. The molecule has 0 aliphatic carbocycles. The SMILES string of the molecule is CN=C(NCCc1cccc(C(=O)NC)c1)NCC(C)(C)S(C)(=O)=O.I. The fourth-order valence-electron chi connectivity index (χ4n) is 1.99. The molecular weight excluding hydrogens is 467 g/mol. The molecule has 26 heavy (non-hydrogen) atoms. The molecule has 0 spiro atoms. The molecule has 0 heterocycles. The largest absolute Gasteiger partial charge is 0.356 e. The zero-order valence-electron chi connectivity index (χ0n) is 15.9. The van der Waals surface area contributed by atoms with Gasteiger partial charge in [0.2, 0.25) is 0 Å². The first-order valence-corrected chi connectivity index (χ1v) is 9.95. The zero-order chi connectivity index (χ0) is 19.1. The van der Waals surface area contributed by atoms with Crippen molar-refractivity contribution in [3.63, 3.8) is 0 Å². The zero-order valence-corrected chi connectivity index (χ0v) is 19.1. The van der Waals surface area contributed by atoms with E-state index in [0.29, 0.717) is 24.5 Å². The molecule has 0 fully saturated rings. The summed E-state index contributed by atoms with van der Waals surface area (Å²) < 4.78 is 22.6. The molecule has 0 aliphatic rings. The van der Waals surface area contributed by atoms with Crippen molar-refractivity contribution in [1.29, 1.82) is 0 Å². The summed E-state index contributed by atoms with van der Waals surface area (Å²) in [6.07, 6.45) is 1.94. The monoisotopic (exact) mass is 496 g/mol. The van der Waals surface area contributed by atoms with Crippen LogP contribution in [0.1, 0.15) is 29.8 Å². The van der Waals surface area contributed by atoms with Gasteiger partial charge >= 0.3 is 0 Å². The standard InChI is InChI=1S/C17H28N4O3S.HI/c1-17(2,25(5,23)24)12-21-16(19-4)20-10-9-13-7-6-8-14(11-13)15(22)18-3;/h6-8,11H,9-10,12H2,1-5H3,(H,18,22)(H2,19,20,21);1H. The summed E-state index contributed by atoms with van der Waals surface area (Å²) in [7, 11) is 0.0670. The number of halogens is 1. The van der Waals surface area contributed by atoms with Gasteiger partial charge in [-0.05, 0) is 38.0 Å². The second-order valence-corrected chi connectivity index (χ2v) is 9.06. The van der Waals surface area contributed by atoms with E-state index in [1.807, 2.05) is 18.2 Å². The molecule has 148 valence electrons. The molecule has 7 nitrogen and oxygen atoms in total. The number of amides is 1. The van der Waals surface area contributed by atoms with Crippen molar-refractivity contribution in [2.24, 2.45) is 4.99 Å². The smallest absolute Gasteiger partial charge is 0.251 e. The van der Waals surface area contributed by atoms with E-state index in [4.69, 9.17) is 0 Å². The van der Waals surface area contributed by atoms with Gasteiger partial charge in [-0.25, -0.2) is 8.42 Å². The summed E-state index contributed by atoms with van der Waals surface area (Å²) in [5, 5.41) is 8.79. The van der Waals surface area contributed by atoms with Crippen molar-refractivity contribution in [3.05, 3.63) is 35.4 Å². The van der Waals surface area contributed by atoms with Gasteiger partial charge in [0, 0.05) is 39.0 Å². The molecule has 1 rings (SSSR count). The van der Waals surface area contributed by atoms with Crippen LogP contribution in [0, 0.1) is 0 Å². The molecular formula is C17H29IN4O3S. The number of benzene rings is 1. The van der Waals surface area contributed by atoms with Crippen LogP contribution in [0.2, 0.25) is 0 Å². The minimum Gasteiger partial charge on any atom is -0.356 e. The van der Waals surface area contributed by atoms with Gasteiger partial charge in [-0.2, -0.15) is 0 Å². The Kier molecular flexibility index (Phi) is 10.1. The molecule has 9 heteroatoms. The summed E-state index contributed by atoms with van der Waals surface area (Å²) in [6, 6.07) is 7.42. The third kappa shape index (κ3) is 7.48. The third-order valence-electron chi connectivity index (χ3n) is 4.03. The van der Waals surface area contributed by atoms with Crippen LogP contribution in [-0.2, 0) is 16.3 Å². The number of nitrogens with one attached hydrogen (secondary N) is 3. The van der Waals surface area contributed by atoms with Crippen LogP contribution in [-0.4, -0.2) is 58.5 Å². The normalized spacial score (nSPS) is 12.1. The number of rotatable bonds is 7. The molecule has 1 aromatic carbocycles. The van der Waals surface area contributed by atoms with Gasteiger partial charge in [0.1, 0.15) is 0 Å². The van der Waals surface area contributed by atoms with Crippen LogP contribution >= 0.6 is 24.0 Å². The summed E-state index contributed by atoms with van der Waals surface area (Å²) in [5.41, 5.74) is 1.65. The number of aliphatic imine (C=N–C) groups is 1. The Morgan fingerprint density at radius 2 is 1.88 bits per heavy atom. The van der Waals surface area contributed by atoms with Crippen LogP contribution in [0.3, 0.4) is 0 Å². The van der Waals surface area contributed by atoms with Gasteiger partial charge in [0.05, 0.1) is 4.75 Å². The van der Waals surface area contributed by atoms with Gasteiger partial charge < -0.3 is 16.0 Å². The van der Waals surface area contributed by atoms with Crippen molar-refractivity contribution in [3.8, 4) is 0 Å². The molecule has 1 aromatic rings. The fraction of sp³-hybridized carbons (Fsp3) is 0.529. The fourth-order valence-corrected chi connectivity index (χ4v) is 2.32. The van der Waals surface area contributed by atoms with Crippen LogP contribution in [0.5, 0.6) is 0 Å². The number of hydrogen-bond donors (Lipinski definition) is 3. The Morgan fingerprint density at radius 1 is 1.23 bits per heavy atom. The minimum atomic E-state index is -3.17. The first kappa shape index (κ1) is 24.6. The van der Waals surface area contributed by atoms with E-state index in [9.17, 15) is 13.2 Å². The lowest BCUT2D eigenvalue weighted by Gasteiger charge is -2.24. The molecule has 0 aromatic heterocycles. The predicted molar refractivity (Wildman–Crippen MR) is 117 cm³/mol. The average Bonchev–Trinajstić information content (AvgIpc) is 2.56. The Bertz CT molecular complexity index is 733. The topological polar surface area (TPSA) is 99.7 Å². The molecule has 0 bridgehead atoms. The number of sulfone groups is 1. The van der Waals surface area contributed by atoms with E-state index < -0.39 is 14.6 Å². The lowest BCUT2D eigenvalue weighted by atomic mass is 10.1. The number of hydrogen-bond acceptors (Lipinski definition) is 4. The van der Waals surface area contributed by atoms with E-state index >= 15 is 0 Å². The van der Waals surface area contributed by atoms with Crippen molar-refractivity contribution in [2.45, 2.75) is 25.0 Å². The molecule has 0 unspecified atom stereocenters. The molecule has 0 saturated carbocycles. The highest BCUT2D eigenvalue weighted by molar-refractivity contribution is 14.0. The Hall–Kier alpha value is -1.36. The molecule has 3 N–H and O–H groups in total. The van der Waals surface area contributed by atoms with Gasteiger partial charge in [0.25, 0.3) is 5.91 Å². The third-order valence-corrected chi connectivity index (χ3v) is 6.18. The maximum Gasteiger partial charge on any atom is 0.251 e.